The summed E-state index contributed by atoms with van der Waals surface area (Å²) in [5, 5.41) is 3.01. The number of aryl methyl sites for hydroxylation is 1. The molecular weight excluding hydrogens is 311 g/mol. The highest BCUT2D eigenvalue weighted by Gasteiger charge is 2.36. The predicted molar refractivity (Wildman–Crippen MR) is 84.5 cm³/mol. The van der Waals surface area contributed by atoms with Crippen molar-refractivity contribution in [2.45, 2.75) is 26.2 Å². The highest BCUT2D eigenvalue weighted by molar-refractivity contribution is 5.39. The molecule has 3 heterocycles. The number of H-pyrrole nitrogens is 1. The Kier molecular flexibility index (Phi) is 3.81. The van der Waals surface area contributed by atoms with E-state index in [4.69, 9.17) is 0 Å². The number of para-hydroxylation sites is 1. The summed E-state index contributed by atoms with van der Waals surface area (Å²) in [5.74, 6) is -0.330. The summed E-state index contributed by atoms with van der Waals surface area (Å²) in [6.45, 7) is 3.86. The molecule has 0 saturated heterocycles. The Morgan fingerprint density at radius 3 is 2.83 bits per heavy atom. The minimum absolute atomic E-state index is 0. The van der Waals surface area contributed by atoms with Gasteiger partial charge < -0.3 is 5.48 Å². The van der Waals surface area contributed by atoms with Gasteiger partial charge in [-0.2, -0.15) is 0 Å². The molecule has 0 amide bonds. The average Bonchev–Trinajstić information content (AvgIpc) is 2.86. The summed E-state index contributed by atoms with van der Waals surface area (Å²) < 4.78 is 17.3. The van der Waals surface area contributed by atoms with E-state index in [1.165, 1.54) is 10.7 Å². The van der Waals surface area contributed by atoms with Crippen LogP contribution in [0.1, 0.15) is 29.8 Å². The Morgan fingerprint density at radius 2 is 2.12 bits per heavy atom. The van der Waals surface area contributed by atoms with Crippen LogP contribution in [0.3, 0.4) is 0 Å². The summed E-state index contributed by atoms with van der Waals surface area (Å²) >= 11 is 0. The van der Waals surface area contributed by atoms with Crippen LogP contribution in [0.4, 0.5) is 4.39 Å². The topological polar surface area (TPSA) is 84.6 Å². The zero-order valence-electron chi connectivity index (χ0n) is 13.3. The van der Waals surface area contributed by atoms with Crippen LogP contribution < -0.4 is 10.2 Å². The maximum Gasteiger partial charge on any atom is 0.402 e. The lowest BCUT2D eigenvalue weighted by Crippen LogP contribution is -2.45. The Labute approximate surface area is 137 Å². The van der Waals surface area contributed by atoms with E-state index in [1.807, 2.05) is 32.0 Å². The second kappa shape index (κ2) is 5.68. The largest absolute Gasteiger partial charge is 0.870 e. The van der Waals surface area contributed by atoms with Crippen molar-refractivity contribution in [2.24, 2.45) is 0 Å². The molecule has 0 radical (unpaired) electrons. The number of nitrogens with zero attached hydrogens (tertiary/aromatic N) is 3. The maximum absolute atomic E-state index is 14.3. The third-order valence-electron chi connectivity index (χ3n) is 4.30. The quantitative estimate of drug-likeness (QED) is 0.691. The van der Waals surface area contributed by atoms with Crippen molar-refractivity contribution in [2.75, 3.05) is 0 Å². The number of aromatic amines is 1. The molecule has 1 aromatic carbocycles. The molecule has 0 aliphatic carbocycles. The van der Waals surface area contributed by atoms with Crippen LogP contribution in [-0.2, 0) is 6.42 Å². The smallest absolute Gasteiger partial charge is 0.402 e. The fourth-order valence-corrected chi connectivity index (χ4v) is 3.18. The van der Waals surface area contributed by atoms with Crippen molar-refractivity contribution in [1.29, 1.82) is 0 Å². The van der Waals surface area contributed by atoms with E-state index < -0.39 is 0 Å². The molecule has 1 aliphatic heterocycles. The molecule has 7 heteroatoms. The number of fused-ring (bicyclic) bond motifs is 3. The number of pyridine rings is 1. The first-order valence-electron chi connectivity index (χ1n) is 7.54. The number of halogens is 1. The zero-order chi connectivity index (χ0) is 16.1. The van der Waals surface area contributed by atoms with Crippen molar-refractivity contribution in [3.8, 4) is 11.4 Å². The molecule has 124 valence electrons. The first-order chi connectivity index (χ1) is 11.1. The summed E-state index contributed by atoms with van der Waals surface area (Å²) in [4.78, 5) is 17.0. The van der Waals surface area contributed by atoms with Crippen LogP contribution in [0.5, 0.6) is 0 Å². The minimum Gasteiger partial charge on any atom is -0.870 e. The molecule has 6 nitrogen and oxygen atoms in total. The molecule has 1 atom stereocenters. The molecular formula is C17H17FN4O2. The van der Waals surface area contributed by atoms with Crippen LogP contribution in [0.15, 0.2) is 41.3 Å². The van der Waals surface area contributed by atoms with Gasteiger partial charge in [0.15, 0.2) is 17.2 Å². The second-order valence-electron chi connectivity index (χ2n) is 5.97. The zero-order valence-corrected chi connectivity index (χ0v) is 13.3. The molecule has 24 heavy (non-hydrogen) atoms. The van der Waals surface area contributed by atoms with Gasteiger partial charge >= 0.3 is 5.56 Å². The molecule has 1 unspecified atom stereocenters. The Morgan fingerprint density at radius 1 is 1.33 bits per heavy atom. The Hall–Kier alpha value is -2.80. The SMILES string of the molecule is Cc1ccc(-n2[nH][n+]3c(c2=O)C(C)Cc2cccc(F)c2-3)cn1.[OH-]. The fraction of sp³-hybridized carbons (Fsp3) is 0.235. The van der Waals surface area contributed by atoms with Gasteiger partial charge in [-0.25, -0.2) is 9.18 Å². The number of hydrogen-bond acceptors (Lipinski definition) is 3. The van der Waals surface area contributed by atoms with Gasteiger partial charge in [0.2, 0.25) is 5.69 Å². The van der Waals surface area contributed by atoms with Gasteiger partial charge in [0, 0.05) is 17.2 Å². The molecule has 2 N–H and O–H groups in total. The molecule has 0 spiro atoms. The fourth-order valence-electron chi connectivity index (χ4n) is 3.18. The Bertz CT molecular complexity index is 960. The summed E-state index contributed by atoms with van der Waals surface area (Å²) in [6.07, 6.45) is 2.28. The highest BCUT2D eigenvalue weighted by atomic mass is 19.1. The number of aromatic nitrogens is 4. The average molecular weight is 328 g/mol. The molecule has 0 fully saturated rings. The monoisotopic (exact) mass is 328 g/mol. The molecule has 4 rings (SSSR count). The first-order valence-corrected chi connectivity index (χ1v) is 7.54. The third-order valence-corrected chi connectivity index (χ3v) is 4.30. The lowest BCUT2D eigenvalue weighted by atomic mass is 9.93. The van der Waals surface area contributed by atoms with E-state index in [1.54, 1.807) is 16.9 Å². The summed E-state index contributed by atoms with van der Waals surface area (Å²) in [7, 11) is 0. The third kappa shape index (κ3) is 2.25. The van der Waals surface area contributed by atoms with E-state index >= 15 is 0 Å². The van der Waals surface area contributed by atoms with Crippen molar-refractivity contribution in [1.82, 2.24) is 14.9 Å². The number of benzene rings is 1. The van der Waals surface area contributed by atoms with E-state index in [9.17, 15) is 9.18 Å². The summed E-state index contributed by atoms with van der Waals surface area (Å²) in [6, 6.07) is 8.66. The molecule has 0 saturated carbocycles. The first kappa shape index (κ1) is 16.1. The Balaban J connectivity index is 0.00000169. The summed E-state index contributed by atoms with van der Waals surface area (Å²) in [5.41, 5.74) is 3.21. The van der Waals surface area contributed by atoms with Crippen LogP contribution in [0, 0.1) is 12.7 Å². The van der Waals surface area contributed by atoms with Crippen molar-refractivity contribution < 1.29 is 14.5 Å². The van der Waals surface area contributed by atoms with Gasteiger partial charge in [-0.05, 0) is 31.5 Å². The van der Waals surface area contributed by atoms with E-state index in [0.717, 1.165) is 11.3 Å². The highest BCUT2D eigenvalue weighted by Crippen LogP contribution is 2.26. The maximum atomic E-state index is 14.3. The van der Waals surface area contributed by atoms with Crippen LogP contribution in [0.2, 0.25) is 0 Å². The number of hydrogen-bond donors (Lipinski definition) is 1. The lowest BCUT2D eigenvalue weighted by Gasteiger charge is -2.17. The normalized spacial score (nSPS) is 15.4. The molecule has 1 aliphatic rings. The van der Waals surface area contributed by atoms with Gasteiger partial charge in [-0.15, -0.1) is 4.68 Å². The van der Waals surface area contributed by atoms with E-state index in [0.29, 0.717) is 23.5 Å². The van der Waals surface area contributed by atoms with Crippen molar-refractivity contribution >= 4 is 0 Å². The number of rotatable bonds is 1. The second-order valence-corrected chi connectivity index (χ2v) is 5.97. The van der Waals surface area contributed by atoms with Gasteiger partial charge in [0.1, 0.15) is 0 Å². The van der Waals surface area contributed by atoms with Gasteiger partial charge in [-0.1, -0.05) is 29.0 Å². The van der Waals surface area contributed by atoms with Crippen molar-refractivity contribution in [3.63, 3.8) is 0 Å². The predicted octanol–water partition coefficient (Wildman–Crippen LogP) is 1.77. The van der Waals surface area contributed by atoms with Gasteiger partial charge in [0.05, 0.1) is 6.20 Å². The number of nitrogens with one attached hydrogen (secondary N) is 1. The molecule has 0 bridgehead atoms. The minimum atomic E-state index is -0.337. The standard InChI is InChI=1S/C17H15FN4O.H2O/c1-10-8-12-4-3-5-14(18)16(12)22-15(10)17(23)21(20-22)13-7-6-11(2)19-9-13;/h3-7,9-10H,8H2,1-2H3;1H2. The van der Waals surface area contributed by atoms with Crippen molar-refractivity contribution in [3.05, 3.63) is 69.7 Å². The van der Waals surface area contributed by atoms with Crippen LogP contribution in [0.25, 0.3) is 11.4 Å². The molecule has 3 aromatic rings. The lowest BCUT2D eigenvalue weighted by molar-refractivity contribution is -0.674. The van der Waals surface area contributed by atoms with Crippen LogP contribution in [-0.4, -0.2) is 20.4 Å². The molecule has 2 aromatic heterocycles. The van der Waals surface area contributed by atoms with Gasteiger partial charge in [0.25, 0.3) is 0 Å². The van der Waals surface area contributed by atoms with Crippen LogP contribution >= 0.6 is 0 Å². The van der Waals surface area contributed by atoms with Gasteiger partial charge in [-0.3, -0.25) is 4.98 Å². The van der Waals surface area contributed by atoms with E-state index in [-0.39, 0.29) is 22.8 Å². The van der Waals surface area contributed by atoms with E-state index in [2.05, 4.69) is 10.2 Å².